The summed E-state index contributed by atoms with van der Waals surface area (Å²) >= 11 is 0. The summed E-state index contributed by atoms with van der Waals surface area (Å²) in [6.07, 6.45) is 4.28. The summed E-state index contributed by atoms with van der Waals surface area (Å²) in [5.41, 5.74) is 7.16. The molecule has 0 aliphatic carbocycles. The van der Waals surface area contributed by atoms with Gasteiger partial charge >= 0.3 is 0 Å². The molecule has 0 radical (unpaired) electrons. The van der Waals surface area contributed by atoms with Crippen molar-refractivity contribution in [1.29, 1.82) is 0 Å². The molecule has 3 N–H and O–H groups in total. The smallest absolute Gasteiger partial charge is 0.175 e. The van der Waals surface area contributed by atoms with Crippen LogP contribution in [0, 0.1) is 0 Å². The van der Waals surface area contributed by atoms with Gasteiger partial charge in [0.2, 0.25) is 0 Å². The molecule has 0 atom stereocenters. The van der Waals surface area contributed by atoms with Gasteiger partial charge in [0.25, 0.3) is 0 Å². The number of benzene rings is 1. The van der Waals surface area contributed by atoms with Gasteiger partial charge in [-0.25, -0.2) is 23.4 Å². The Balaban J connectivity index is 1.95. The molecule has 0 saturated carbocycles. The average Bonchev–Trinajstić information content (AvgIpc) is 2.53. The van der Waals surface area contributed by atoms with E-state index in [1.807, 2.05) is 6.07 Å². The number of rotatable bonds is 4. The second-order valence-electron chi connectivity index (χ2n) is 5.12. The fourth-order valence-corrected chi connectivity index (χ4v) is 2.78. The first-order valence-corrected chi connectivity index (χ1v) is 8.72. The van der Waals surface area contributed by atoms with Gasteiger partial charge in [0, 0.05) is 24.4 Å². The van der Waals surface area contributed by atoms with Gasteiger partial charge in [0.15, 0.2) is 9.84 Å². The molecule has 7 nitrogen and oxygen atoms in total. The van der Waals surface area contributed by atoms with Crippen LogP contribution in [0.5, 0.6) is 0 Å². The Kier molecular flexibility index (Phi) is 3.83. The number of hydrogen-bond acceptors (Lipinski definition) is 7. The first-order valence-electron chi connectivity index (χ1n) is 6.82. The Labute approximate surface area is 133 Å². The molecular formula is C15H15N5O2S. The lowest BCUT2D eigenvalue weighted by atomic mass is 10.2. The lowest BCUT2D eigenvalue weighted by Crippen LogP contribution is -2.04. The largest absolute Gasteiger partial charge is 0.384 e. The van der Waals surface area contributed by atoms with Crippen molar-refractivity contribution in [1.82, 2.24) is 15.0 Å². The Hall–Kier alpha value is -2.74. The number of hydrogen-bond donors (Lipinski definition) is 2. The molecule has 0 aliphatic heterocycles. The van der Waals surface area contributed by atoms with Gasteiger partial charge in [-0.3, -0.25) is 0 Å². The first-order chi connectivity index (χ1) is 10.9. The van der Waals surface area contributed by atoms with Gasteiger partial charge < -0.3 is 11.1 Å². The van der Waals surface area contributed by atoms with Crippen molar-refractivity contribution in [2.24, 2.45) is 0 Å². The molecule has 0 aliphatic rings. The molecule has 1 aromatic carbocycles. The third-order valence-corrected chi connectivity index (χ3v) is 4.45. The third kappa shape index (κ3) is 3.37. The molecule has 0 amide bonds. The summed E-state index contributed by atoms with van der Waals surface area (Å²) in [6, 6.07) is 8.37. The van der Waals surface area contributed by atoms with E-state index in [1.54, 1.807) is 30.5 Å². The number of nitrogens with one attached hydrogen (secondary N) is 1. The van der Waals surface area contributed by atoms with Crippen LogP contribution in [0.2, 0.25) is 0 Å². The van der Waals surface area contributed by atoms with Gasteiger partial charge in [0.05, 0.1) is 10.4 Å². The molecule has 2 heterocycles. The second-order valence-corrected chi connectivity index (χ2v) is 7.13. The van der Waals surface area contributed by atoms with E-state index in [-0.39, 0.29) is 4.90 Å². The number of nitrogens with two attached hydrogens (primary N) is 1. The number of fused-ring (bicyclic) bond motifs is 1. The van der Waals surface area contributed by atoms with Crippen LogP contribution < -0.4 is 11.1 Å². The summed E-state index contributed by atoms with van der Waals surface area (Å²) in [6.45, 7) is 0.489. The second kappa shape index (κ2) is 5.81. The molecule has 3 aromatic rings. The van der Waals surface area contributed by atoms with E-state index in [9.17, 15) is 8.42 Å². The Morgan fingerprint density at radius 1 is 1.13 bits per heavy atom. The minimum atomic E-state index is -3.29. The quantitative estimate of drug-likeness (QED) is 0.748. The van der Waals surface area contributed by atoms with Crippen LogP contribution in [0.3, 0.4) is 0 Å². The van der Waals surface area contributed by atoms with E-state index in [0.29, 0.717) is 29.1 Å². The number of aromatic nitrogens is 3. The highest BCUT2D eigenvalue weighted by Crippen LogP contribution is 2.23. The van der Waals surface area contributed by atoms with E-state index < -0.39 is 9.84 Å². The number of pyridine rings is 1. The Bertz CT molecular complexity index is 955. The summed E-state index contributed by atoms with van der Waals surface area (Å²) in [4.78, 5) is 12.6. The predicted molar refractivity (Wildman–Crippen MR) is 88.6 cm³/mol. The van der Waals surface area contributed by atoms with Crippen molar-refractivity contribution in [2.75, 3.05) is 17.3 Å². The van der Waals surface area contributed by atoms with Gasteiger partial charge in [0.1, 0.15) is 18.0 Å². The minimum absolute atomic E-state index is 0.233. The van der Waals surface area contributed by atoms with Gasteiger partial charge in [-0.1, -0.05) is 6.07 Å². The molecule has 0 fully saturated rings. The fourth-order valence-electron chi connectivity index (χ4n) is 2.13. The van der Waals surface area contributed by atoms with Crippen molar-refractivity contribution in [3.05, 3.63) is 48.4 Å². The number of anilines is 2. The van der Waals surface area contributed by atoms with Crippen LogP contribution >= 0.6 is 0 Å². The molecular weight excluding hydrogens is 314 g/mol. The van der Waals surface area contributed by atoms with Crippen molar-refractivity contribution >= 4 is 32.4 Å². The molecule has 23 heavy (non-hydrogen) atoms. The zero-order chi connectivity index (χ0) is 16.4. The number of sulfone groups is 1. The Morgan fingerprint density at radius 3 is 2.65 bits per heavy atom. The first kappa shape index (κ1) is 15.2. The van der Waals surface area contributed by atoms with Crippen molar-refractivity contribution in [3.8, 4) is 0 Å². The predicted octanol–water partition coefficient (Wildman–Crippen LogP) is 1.62. The average molecular weight is 329 g/mol. The SMILES string of the molecule is CS(=O)(=O)c1ccc2ncnc(NCc3ccc(N)nc3)c2c1. The highest BCUT2D eigenvalue weighted by Gasteiger charge is 2.11. The zero-order valence-electron chi connectivity index (χ0n) is 12.4. The lowest BCUT2D eigenvalue weighted by molar-refractivity contribution is 0.602. The highest BCUT2D eigenvalue weighted by molar-refractivity contribution is 7.90. The van der Waals surface area contributed by atoms with Crippen LogP contribution in [-0.2, 0) is 16.4 Å². The molecule has 2 aromatic heterocycles. The molecule has 0 unspecified atom stereocenters. The lowest BCUT2D eigenvalue weighted by Gasteiger charge is -2.09. The van der Waals surface area contributed by atoms with Crippen LogP contribution in [0.4, 0.5) is 11.6 Å². The van der Waals surface area contributed by atoms with Crippen molar-refractivity contribution in [3.63, 3.8) is 0 Å². The maximum Gasteiger partial charge on any atom is 0.175 e. The zero-order valence-corrected chi connectivity index (χ0v) is 13.2. The monoisotopic (exact) mass is 329 g/mol. The minimum Gasteiger partial charge on any atom is -0.384 e. The normalized spacial score (nSPS) is 11.5. The maximum atomic E-state index is 11.7. The van der Waals surface area contributed by atoms with Crippen LogP contribution in [-0.4, -0.2) is 29.6 Å². The fraction of sp³-hybridized carbons (Fsp3) is 0.133. The van der Waals surface area contributed by atoms with E-state index in [4.69, 9.17) is 5.73 Å². The summed E-state index contributed by atoms with van der Waals surface area (Å²) < 4.78 is 23.4. The molecule has 0 spiro atoms. The topological polar surface area (TPSA) is 111 Å². The van der Waals surface area contributed by atoms with Gasteiger partial charge in [-0.05, 0) is 29.8 Å². The van der Waals surface area contributed by atoms with Gasteiger partial charge in [-0.15, -0.1) is 0 Å². The number of nitrogens with zero attached hydrogens (tertiary/aromatic N) is 3. The molecule has 0 saturated heterocycles. The standard InChI is InChI=1S/C15H15N5O2S/c1-23(21,22)11-3-4-13-12(6-11)15(20-9-19-13)18-8-10-2-5-14(16)17-7-10/h2-7,9H,8H2,1H3,(H2,16,17)(H,18,19,20). The van der Waals surface area contributed by atoms with E-state index in [0.717, 1.165) is 5.56 Å². The molecule has 0 bridgehead atoms. The van der Waals surface area contributed by atoms with Crippen LogP contribution in [0.1, 0.15) is 5.56 Å². The van der Waals surface area contributed by atoms with Crippen LogP contribution in [0.25, 0.3) is 10.9 Å². The van der Waals surface area contributed by atoms with E-state index >= 15 is 0 Å². The Morgan fingerprint density at radius 2 is 1.96 bits per heavy atom. The molecule has 3 rings (SSSR count). The number of nitrogen functional groups attached to an aromatic ring is 1. The van der Waals surface area contributed by atoms with E-state index in [1.165, 1.54) is 12.6 Å². The highest BCUT2D eigenvalue weighted by atomic mass is 32.2. The van der Waals surface area contributed by atoms with Crippen molar-refractivity contribution in [2.45, 2.75) is 11.4 Å². The van der Waals surface area contributed by atoms with Gasteiger partial charge in [-0.2, -0.15) is 0 Å². The maximum absolute atomic E-state index is 11.7. The summed E-state index contributed by atoms with van der Waals surface area (Å²) in [5.74, 6) is 1.02. The summed E-state index contributed by atoms with van der Waals surface area (Å²) in [5, 5.41) is 3.83. The van der Waals surface area contributed by atoms with Crippen LogP contribution in [0.15, 0.2) is 47.8 Å². The van der Waals surface area contributed by atoms with E-state index in [2.05, 4.69) is 20.3 Å². The molecule has 8 heteroatoms. The summed E-state index contributed by atoms with van der Waals surface area (Å²) in [7, 11) is -3.29. The third-order valence-electron chi connectivity index (χ3n) is 3.34. The molecule has 118 valence electrons. The van der Waals surface area contributed by atoms with Crippen molar-refractivity contribution < 1.29 is 8.42 Å².